The number of aromatic amines is 1. The maximum atomic E-state index is 12.5. The van der Waals surface area contributed by atoms with Crippen LogP contribution in [-0.4, -0.2) is 47.3 Å². The molecule has 7 heteroatoms. The molecular weight excluding hydrogens is 394 g/mol. The molecule has 0 saturated carbocycles. The van der Waals surface area contributed by atoms with Gasteiger partial charge in [0.2, 0.25) is 5.91 Å². The second-order valence-corrected chi connectivity index (χ2v) is 8.08. The van der Waals surface area contributed by atoms with Gasteiger partial charge in [0, 0.05) is 42.0 Å². The molecule has 1 aliphatic heterocycles. The van der Waals surface area contributed by atoms with E-state index in [1.165, 1.54) is 10.5 Å². The van der Waals surface area contributed by atoms with E-state index in [4.69, 9.17) is 4.74 Å². The van der Waals surface area contributed by atoms with Crippen LogP contribution in [0.5, 0.6) is 5.75 Å². The molecule has 0 bridgehead atoms. The van der Waals surface area contributed by atoms with Crippen LogP contribution >= 0.6 is 0 Å². The Labute approximate surface area is 179 Å². The zero-order valence-corrected chi connectivity index (χ0v) is 17.2. The molecule has 158 valence electrons. The molecule has 0 saturated heterocycles. The summed E-state index contributed by atoms with van der Waals surface area (Å²) in [6.45, 7) is 0.244. The van der Waals surface area contributed by atoms with E-state index in [0.29, 0.717) is 17.5 Å². The van der Waals surface area contributed by atoms with Crippen LogP contribution in [0, 0.1) is 0 Å². The summed E-state index contributed by atoms with van der Waals surface area (Å²) in [5, 5.41) is 4.23. The van der Waals surface area contributed by atoms with Gasteiger partial charge in [0.05, 0.1) is 18.2 Å². The molecule has 5 rings (SSSR count). The number of aromatic nitrogens is 1. The van der Waals surface area contributed by atoms with Crippen LogP contribution in [0.3, 0.4) is 0 Å². The van der Waals surface area contributed by atoms with E-state index in [9.17, 15) is 14.4 Å². The smallest absolute Gasteiger partial charge is 0.261 e. The third-order valence-electron chi connectivity index (χ3n) is 6.13. The molecule has 0 radical (unpaired) electrons. The van der Waals surface area contributed by atoms with Gasteiger partial charge in [0.15, 0.2) is 0 Å². The highest BCUT2D eigenvalue weighted by Crippen LogP contribution is 2.32. The van der Waals surface area contributed by atoms with Crippen molar-refractivity contribution in [2.75, 3.05) is 13.7 Å². The van der Waals surface area contributed by atoms with Crippen LogP contribution in [0.1, 0.15) is 44.8 Å². The summed E-state index contributed by atoms with van der Waals surface area (Å²) in [5.41, 5.74) is 4.34. The Morgan fingerprint density at radius 3 is 2.58 bits per heavy atom. The number of rotatable bonds is 6. The Morgan fingerprint density at radius 1 is 1.13 bits per heavy atom. The Balaban J connectivity index is 1.15. The number of benzene rings is 2. The van der Waals surface area contributed by atoms with Crippen molar-refractivity contribution in [1.29, 1.82) is 0 Å². The van der Waals surface area contributed by atoms with Gasteiger partial charge >= 0.3 is 0 Å². The van der Waals surface area contributed by atoms with Gasteiger partial charge in [0.1, 0.15) is 5.75 Å². The first kappa shape index (κ1) is 19.4. The minimum Gasteiger partial charge on any atom is -0.497 e. The van der Waals surface area contributed by atoms with Crippen LogP contribution in [0.2, 0.25) is 0 Å². The lowest BCUT2D eigenvalue weighted by Crippen LogP contribution is -2.36. The number of amides is 3. The van der Waals surface area contributed by atoms with Crippen LogP contribution in [0.4, 0.5) is 0 Å². The summed E-state index contributed by atoms with van der Waals surface area (Å²) in [6.07, 6.45) is 2.24. The summed E-state index contributed by atoms with van der Waals surface area (Å²) < 4.78 is 5.33. The highest BCUT2D eigenvalue weighted by atomic mass is 16.5. The molecular formula is C24H23N3O4. The van der Waals surface area contributed by atoms with Crippen molar-refractivity contribution in [2.24, 2.45) is 0 Å². The molecule has 0 spiro atoms. The summed E-state index contributed by atoms with van der Waals surface area (Å²) in [4.78, 5) is 41.9. The number of imide groups is 1. The molecule has 1 aromatic heterocycles. The van der Waals surface area contributed by atoms with Gasteiger partial charge in [-0.25, -0.2) is 0 Å². The molecule has 2 aromatic carbocycles. The summed E-state index contributed by atoms with van der Waals surface area (Å²) in [7, 11) is 1.65. The quantitative estimate of drug-likeness (QED) is 0.604. The highest BCUT2D eigenvalue weighted by molar-refractivity contribution is 6.21. The maximum Gasteiger partial charge on any atom is 0.261 e. The molecule has 3 amide bonds. The first-order chi connectivity index (χ1) is 15.0. The predicted octanol–water partition coefficient (Wildman–Crippen LogP) is 2.84. The standard InChI is InChI=1S/C24H23N3O4/c1-31-15-8-9-20-19(13-15)18-11-14(12-21(18)26-20)25-22(28)7-4-10-27-23(29)16-5-2-3-6-17(16)24(27)30/h2-3,5-6,8-9,13-14,26H,4,7,10-12H2,1H3,(H,25,28). The normalized spacial score (nSPS) is 17.2. The molecule has 7 nitrogen and oxygen atoms in total. The molecule has 1 atom stereocenters. The summed E-state index contributed by atoms with van der Waals surface area (Å²) >= 11 is 0. The van der Waals surface area contributed by atoms with Gasteiger partial charge < -0.3 is 15.0 Å². The SMILES string of the molecule is COc1ccc2[nH]c3c(c2c1)CC(NC(=O)CCCN1C(=O)c2ccccc2C1=O)C3. The van der Waals surface area contributed by atoms with Crippen molar-refractivity contribution < 1.29 is 19.1 Å². The number of hydrogen-bond donors (Lipinski definition) is 2. The van der Waals surface area contributed by atoms with E-state index in [0.717, 1.165) is 35.2 Å². The molecule has 3 aromatic rings. The van der Waals surface area contributed by atoms with Crippen LogP contribution in [0.15, 0.2) is 42.5 Å². The van der Waals surface area contributed by atoms with E-state index >= 15 is 0 Å². The van der Waals surface area contributed by atoms with E-state index in [1.54, 1.807) is 31.4 Å². The lowest BCUT2D eigenvalue weighted by molar-refractivity contribution is -0.121. The fraction of sp³-hybridized carbons (Fsp3) is 0.292. The van der Waals surface area contributed by atoms with Crippen LogP contribution in [-0.2, 0) is 17.6 Å². The average molecular weight is 417 g/mol. The van der Waals surface area contributed by atoms with Crippen LogP contribution in [0.25, 0.3) is 10.9 Å². The number of nitrogens with one attached hydrogen (secondary N) is 2. The average Bonchev–Trinajstić information content (AvgIpc) is 3.39. The molecule has 2 N–H and O–H groups in total. The number of nitrogens with zero attached hydrogens (tertiary/aromatic N) is 1. The van der Waals surface area contributed by atoms with Crippen molar-refractivity contribution in [1.82, 2.24) is 15.2 Å². The number of carbonyl (C=O) groups is 3. The highest BCUT2D eigenvalue weighted by Gasteiger charge is 2.34. The van der Waals surface area contributed by atoms with Crippen molar-refractivity contribution >= 4 is 28.6 Å². The number of methoxy groups -OCH3 is 1. The van der Waals surface area contributed by atoms with Gasteiger partial charge in [-0.2, -0.15) is 0 Å². The Bertz CT molecular complexity index is 1180. The number of H-pyrrole nitrogens is 1. The third-order valence-corrected chi connectivity index (χ3v) is 6.13. The maximum absolute atomic E-state index is 12.5. The fourth-order valence-corrected chi connectivity index (χ4v) is 4.62. The first-order valence-corrected chi connectivity index (χ1v) is 10.5. The largest absolute Gasteiger partial charge is 0.497 e. The molecule has 1 aliphatic carbocycles. The summed E-state index contributed by atoms with van der Waals surface area (Å²) in [6, 6.07) is 12.8. The minimum absolute atomic E-state index is 0.0451. The fourth-order valence-electron chi connectivity index (χ4n) is 4.62. The topological polar surface area (TPSA) is 91.5 Å². The van der Waals surface area contributed by atoms with E-state index < -0.39 is 0 Å². The van der Waals surface area contributed by atoms with E-state index in [2.05, 4.69) is 10.3 Å². The number of hydrogen-bond acceptors (Lipinski definition) is 4. The Morgan fingerprint density at radius 2 is 1.87 bits per heavy atom. The van der Waals surface area contributed by atoms with Crippen molar-refractivity contribution in [3.05, 3.63) is 64.8 Å². The van der Waals surface area contributed by atoms with Crippen LogP contribution < -0.4 is 10.1 Å². The van der Waals surface area contributed by atoms with Crippen molar-refractivity contribution in [3.63, 3.8) is 0 Å². The zero-order chi connectivity index (χ0) is 21.5. The number of fused-ring (bicyclic) bond motifs is 4. The second-order valence-electron chi connectivity index (χ2n) is 8.08. The molecule has 31 heavy (non-hydrogen) atoms. The minimum atomic E-state index is -0.280. The molecule has 1 unspecified atom stereocenters. The lowest BCUT2D eigenvalue weighted by atomic mass is 10.1. The van der Waals surface area contributed by atoms with Gasteiger partial charge in [-0.15, -0.1) is 0 Å². The van der Waals surface area contributed by atoms with Gasteiger partial charge in [-0.05, 0) is 48.7 Å². The molecule has 2 heterocycles. The number of ether oxygens (including phenoxy) is 1. The van der Waals surface area contributed by atoms with Gasteiger partial charge in [0.25, 0.3) is 11.8 Å². The van der Waals surface area contributed by atoms with Crippen molar-refractivity contribution in [2.45, 2.75) is 31.7 Å². The number of carbonyl (C=O) groups excluding carboxylic acids is 3. The zero-order valence-electron chi connectivity index (χ0n) is 17.2. The molecule has 2 aliphatic rings. The van der Waals surface area contributed by atoms with E-state index in [-0.39, 0.29) is 36.7 Å². The third kappa shape index (κ3) is 3.36. The lowest BCUT2D eigenvalue weighted by Gasteiger charge is -2.15. The first-order valence-electron chi connectivity index (χ1n) is 10.5. The second kappa shape index (κ2) is 7.58. The predicted molar refractivity (Wildman–Crippen MR) is 115 cm³/mol. The van der Waals surface area contributed by atoms with E-state index in [1.807, 2.05) is 18.2 Å². The van der Waals surface area contributed by atoms with Gasteiger partial charge in [-0.1, -0.05) is 12.1 Å². The Hall–Kier alpha value is -3.61. The molecule has 0 fully saturated rings. The van der Waals surface area contributed by atoms with Crippen molar-refractivity contribution in [3.8, 4) is 5.75 Å². The van der Waals surface area contributed by atoms with Gasteiger partial charge in [-0.3, -0.25) is 19.3 Å². The summed E-state index contributed by atoms with van der Waals surface area (Å²) in [5.74, 6) is 0.193. The monoisotopic (exact) mass is 417 g/mol. The Kier molecular flexibility index (Phi) is 4.73.